The van der Waals surface area contributed by atoms with E-state index in [9.17, 15) is 9.70 Å². The maximum atomic E-state index is 10.5. The molecule has 1 amide bonds. The molecule has 5 nitrogen and oxygen atoms in total. The van der Waals surface area contributed by atoms with Gasteiger partial charge in [-0.25, -0.2) is 0 Å². The van der Waals surface area contributed by atoms with Gasteiger partial charge in [-0.2, -0.15) is 0 Å². The van der Waals surface area contributed by atoms with Crippen LogP contribution in [0.5, 0.6) is 0 Å². The third-order valence-corrected chi connectivity index (χ3v) is 1.25. The number of nitrogens with zero attached hydrogens (tertiary/aromatic N) is 1. The zero-order valence-electron chi connectivity index (χ0n) is 5.37. The van der Waals surface area contributed by atoms with Gasteiger partial charge in [0.25, 0.3) is 0 Å². The highest BCUT2D eigenvalue weighted by atomic mass is 16.5. The van der Waals surface area contributed by atoms with Gasteiger partial charge >= 0.3 is 5.91 Å². The van der Waals surface area contributed by atoms with Crippen LogP contribution >= 0.6 is 0 Å². The van der Waals surface area contributed by atoms with Crippen LogP contribution in [0.2, 0.25) is 0 Å². The van der Waals surface area contributed by atoms with Crippen LogP contribution in [0.4, 0.5) is 0 Å². The second-order valence-electron chi connectivity index (χ2n) is 1.99. The first-order valence-corrected chi connectivity index (χ1v) is 3.07. The average Bonchev–Trinajstić information content (AvgIpc) is 2.05. The van der Waals surface area contributed by atoms with Crippen molar-refractivity contribution in [3.63, 3.8) is 0 Å². The molecule has 0 aromatic carbocycles. The Morgan fingerprint density at radius 1 is 1.70 bits per heavy atom. The standard InChI is InChI=1S/C5H8N2O3/c8-4(7-9)5-6-2-1-3-10-5/h5-6H,1-3H2. The van der Waals surface area contributed by atoms with Crippen LogP contribution in [0, 0.1) is 4.91 Å². The van der Waals surface area contributed by atoms with Gasteiger partial charge in [-0.15, -0.1) is 4.91 Å². The highest BCUT2D eigenvalue weighted by molar-refractivity contribution is 5.81. The van der Waals surface area contributed by atoms with E-state index in [4.69, 9.17) is 4.74 Å². The van der Waals surface area contributed by atoms with Gasteiger partial charge in [0.15, 0.2) is 6.23 Å². The molecular weight excluding hydrogens is 136 g/mol. The Morgan fingerprint density at radius 2 is 2.50 bits per heavy atom. The molecular formula is C5H8N2O3. The largest absolute Gasteiger partial charge is 0.354 e. The number of hydrogen-bond acceptors (Lipinski definition) is 4. The van der Waals surface area contributed by atoms with Crippen LogP contribution < -0.4 is 5.32 Å². The molecule has 5 heteroatoms. The van der Waals surface area contributed by atoms with E-state index in [1.165, 1.54) is 0 Å². The minimum Gasteiger partial charge on any atom is -0.354 e. The molecule has 0 bridgehead atoms. The number of rotatable bonds is 1. The average molecular weight is 144 g/mol. The summed E-state index contributed by atoms with van der Waals surface area (Å²) < 4.78 is 4.88. The van der Waals surface area contributed by atoms with Gasteiger partial charge in [0.05, 0.1) is 6.61 Å². The molecule has 10 heavy (non-hydrogen) atoms. The van der Waals surface area contributed by atoms with E-state index >= 15 is 0 Å². The number of carbonyl (C=O) groups excluding carboxylic acids is 1. The summed E-state index contributed by atoms with van der Waals surface area (Å²) in [6, 6.07) is 0. The molecule has 1 heterocycles. The molecule has 1 N–H and O–H groups in total. The molecule has 1 saturated heterocycles. The Bertz CT molecular complexity index is 142. The molecule has 0 aromatic rings. The van der Waals surface area contributed by atoms with Gasteiger partial charge in [-0.3, -0.25) is 10.1 Å². The Balaban J connectivity index is 2.38. The van der Waals surface area contributed by atoms with E-state index in [0.717, 1.165) is 6.42 Å². The van der Waals surface area contributed by atoms with E-state index in [-0.39, 0.29) is 0 Å². The van der Waals surface area contributed by atoms with Crippen molar-refractivity contribution in [1.82, 2.24) is 5.32 Å². The van der Waals surface area contributed by atoms with Gasteiger partial charge < -0.3 is 4.74 Å². The molecule has 56 valence electrons. The van der Waals surface area contributed by atoms with Crippen molar-refractivity contribution in [3.05, 3.63) is 4.91 Å². The Hall–Kier alpha value is -0.810. The lowest BCUT2D eigenvalue weighted by Gasteiger charge is -2.19. The van der Waals surface area contributed by atoms with Gasteiger partial charge in [0.2, 0.25) is 0 Å². The molecule has 0 saturated carbocycles. The van der Waals surface area contributed by atoms with E-state index in [0.29, 0.717) is 13.2 Å². The summed E-state index contributed by atoms with van der Waals surface area (Å²) in [6.45, 7) is 1.21. The molecule has 1 rings (SSSR count). The summed E-state index contributed by atoms with van der Waals surface area (Å²) in [5.74, 6) is -0.778. The number of hydrogen-bond donors (Lipinski definition) is 1. The van der Waals surface area contributed by atoms with Crippen LogP contribution in [0.15, 0.2) is 5.18 Å². The lowest BCUT2D eigenvalue weighted by Crippen LogP contribution is -2.43. The molecule has 1 atom stereocenters. The first kappa shape index (κ1) is 7.30. The second-order valence-corrected chi connectivity index (χ2v) is 1.99. The van der Waals surface area contributed by atoms with Crippen molar-refractivity contribution in [2.24, 2.45) is 5.18 Å². The smallest absolute Gasteiger partial charge is 0.329 e. The van der Waals surface area contributed by atoms with Gasteiger partial charge in [0.1, 0.15) is 0 Å². The Labute approximate surface area is 57.7 Å². The SMILES string of the molecule is O=NC(=O)C1NCCCO1. The third kappa shape index (κ3) is 1.58. The minimum absolute atomic E-state index is 0.513. The summed E-state index contributed by atoms with van der Waals surface area (Å²) in [7, 11) is 0. The van der Waals surface area contributed by atoms with E-state index in [1.807, 2.05) is 0 Å². The van der Waals surface area contributed by atoms with Crippen molar-refractivity contribution in [1.29, 1.82) is 0 Å². The first-order chi connectivity index (χ1) is 4.84. The number of ether oxygens (including phenoxy) is 1. The van der Waals surface area contributed by atoms with Crippen molar-refractivity contribution in [2.45, 2.75) is 12.6 Å². The molecule has 0 radical (unpaired) electrons. The van der Waals surface area contributed by atoms with E-state index < -0.39 is 12.1 Å². The van der Waals surface area contributed by atoms with E-state index in [1.54, 1.807) is 0 Å². The molecule has 0 aliphatic carbocycles. The normalized spacial score (nSPS) is 25.8. The molecule has 0 aromatic heterocycles. The van der Waals surface area contributed by atoms with Crippen LogP contribution in [0.25, 0.3) is 0 Å². The highest BCUT2D eigenvalue weighted by Crippen LogP contribution is 1.98. The zero-order chi connectivity index (χ0) is 7.40. The summed E-state index contributed by atoms with van der Waals surface area (Å²) >= 11 is 0. The van der Waals surface area contributed by atoms with Crippen LogP contribution in [0.3, 0.4) is 0 Å². The maximum absolute atomic E-state index is 10.5. The molecule has 1 unspecified atom stereocenters. The van der Waals surface area contributed by atoms with Crippen LogP contribution in [-0.2, 0) is 9.53 Å². The van der Waals surface area contributed by atoms with Crippen LogP contribution in [-0.4, -0.2) is 25.3 Å². The lowest BCUT2D eigenvalue weighted by molar-refractivity contribution is -0.133. The fraction of sp³-hybridized carbons (Fsp3) is 0.800. The first-order valence-electron chi connectivity index (χ1n) is 3.07. The molecule has 1 fully saturated rings. The number of nitroso groups, excluding NO2 is 1. The third-order valence-electron chi connectivity index (χ3n) is 1.25. The maximum Gasteiger partial charge on any atom is 0.329 e. The minimum atomic E-state index is -0.800. The lowest BCUT2D eigenvalue weighted by atomic mass is 10.3. The highest BCUT2D eigenvalue weighted by Gasteiger charge is 2.21. The summed E-state index contributed by atoms with van der Waals surface area (Å²) in [6.07, 6.45) is 0.0640. The van der Waals surface area contributed by atoms with Crippen molar-refractivity contribution in [2.75, 3.05) is 13.2 Å². The fourth-order valence-electron chi connectivity index (χ4n) is 0.772. The van der Waals surface area contributed by atoms with Gasteiger partial charge in [-0.05, 0) is 6.42 Å². The molecule has 0 spiro atoms. The van der Waals surface area contributed by atoms with Crippen molar-refractivity contribution in [3.8, 4) is 0 Å². The topological polar surface area (TPSA) is 67.8 Å². The second kappa shape index (κ2) is 3.38. The number of carbonyl (C=O) groups is 1. The van der Waals surface area contributed by atoms with Gasteiger partial charge in [-0.1, -0.05) is 0 Å². The van der Waals surface area contributed by atoms with Crippen LogP contribution in [0.1, 0.15) is 6.42 Å². The summed E-state index contributed by atoms with van der Waals surface area (Å²) in [5.41, 5.74) is 0. The Morgan fingerprint density at radius 3 is 3.00 bits per heavy atom. The zero-order valence-corrected chi connectivity index (χ0v) is 5.37. The fourth-order valence-corrected chi connectivity index (χ4v) is 0.772. The number of amides is 1. The molecule has 1 aliphatic heterocycles. The predicted octanol–water partition coefficient (Wildman–Crippen LogP) is -0.385. The Kier molecular flexibility index (Phi) is 2.47. The molecule has 1 aliphatic rings. The van der Waals surface area contributed by atoms with Crippen molar-refractivity contribution >= 4 is 5.91 Å². The van der Waals surface area contributed by atoms with Crippen molar-refractivity contribution < 1.29 is 9.53 Å². The number of nitrogens with one attached hydrogen (secondary N) is 1. The predicted molar refractivity (Wildman–Crippen MR) is 33.2 cm³/mol. The van der Waals surface area contributed by atoms with E-state index in [2.05, 4.69) is 10.5 Å². The monoisotopic (exact) mass is 144 g/mol. The quantitative estimate of drug-likeness (QED) is 0.509. The summed E-state index contributed by atoms with van der Waals surface area (Å²) in [4.78, 5) is 20.2. The summed E-state index contributed by atoms with van der Waals surface area (Å²) in [5, 5.41) is 4.94. The van der Waals surface area contributed by atoms with Gasteiger partial charge in [0, 0.05) is 11.7 Å².